The van der Waals surface area contributed by atoms with Crippen LogP contribution in [-0.4, -0.2) is 32.1 Å². The fourth-order valence-corrected chi connectivity index (χ4v) is 3.18. The van der Waals surface area contributed by atoms with Crippen LogP contribution < -0.4 is 20.2 Å². The van der Waals surface area contributed by atoms with Gasteiger partial charge in [0.25, 0.3) is 0 Å². The van der Waals surface area contributed by atoms with E-state index in [4.69, 9.17) is 21.7 Å². The van der Waals surface area contributed by atoms with Crippen LogP contribution in [-0.2, 0) is 0 Å². The lowest BCUT2D eigenvalue weighted by atomic mass is 10.1. The van der Waals surface area contributed by atoms with E-state index >= 15 is 0 Å². The van der Waals surface area contributed by atoms with Gasteiger partial charge in [0, 0.05) is 12.1 Å². The smallest absolute Gasteiger partial charge is 0.186 e. The second-order valence-electron chi connectivity index (χ2n) is 6.89. The molecule has 0 spiro atoms. The van der Waals surface area contributed by atoms with Crippen molar-refractivity contribution in [1.29, 1.82) is 0 Å². The molecule has 6 heteroatoms. The van der Waals surface area contributed by atoms with E-state index < -0.39 is 0 Å². The predicted octanol–water partition coefficient (Wildman–Crippen LogP) is 5.42. The predicted molar refractivity (Wildman–Crippen MR) is 123 cm³/mol. The van der Waals surface area contributed by atoms with E-state index in [2.05, 4.69) is 22.8 Å². The minimum Gasteiger partial charge on any atom is -0.493 e. The Morgan fingerprint density at radius 2 is 1.61 bits per heavy atom. The number of ether oxygens (including phenoxy) is 2. The summed E-state index contributed by atoms with van der Waals surface area (Å²) in [6.07, 6.45) is 15.0. The minimum absolute atomic E-state index is 0.536. The minimum atomic E-state index is 0.536. The summed E-state index contributed by atoms with van der Waals surface area (Å²) in [5, 5.41) is 7.91. The molecule has 0 bridgehead atoms. The van der Waals surface area contributed by atoms with Crippen molar-refractivity contribution in [1.82, 2.24) is 10.7 Å². The van der Waals surface area contributed by atoms with Gasteiger partial charge in [0.05, 0.1) is 20.4 Å². The second kappa shape index (κ2) is 16.2. The zero-order valence-electron chi connectivity index (χ0n) is 17.8. The molecule has 0 aliphatic rings. The summed E-state index contributed by atoms with van der Waals surface area (Å²) in [6.45, 7) is 3.14. The molecule has 0 aromatic heterocycles. The first-order valence-electron chi connectivity index (χ1n) is 10.5. The number of unbranched alkanes of at least 4 members (excludes halogenated alkanes) is 9. The fourth-order valence-electron chi connectivity index (χ4n) is 3.03. The molecule has 0 radical (unpaired) electrons. The molecule has 0 atom stereocenters. The van der Waals surface area contributed by atoms with Crippen molar-refractivity contribution in [2.24, 2.45) is 5.10 Å². The molecule has 1 aromatic rings. The highest BCUT2D eigenvalue weighted by Gasteiger charge is 2.07. The summed E-state index contributed by atoms with van der Waals surface area (Å²) in [5.41, 5.74) is 3.67. The summed E-state index contributed by atoms with van der Waals surface area (Å²) in [5.74, 6) is 1.33. The number of hydrogen-bond acceptors (Lipinski definition) is 4. The molecular weight excluding hydrogens is 370 g/mol. The molecule has 1 aromatic carbocycles. The largest absolute Gasteiger partial charge is 0.493 e. The third-order valence-electron chi connectivity index (χ3n) is 4.62. The summed E-state index contributed by atoms with van der Waals surface area (Å²) in [4.78, 5) is 0. The van der Waals surface area contributed by atoms with Gasteiger partial charge in [0.1, 0.15) is 0 Å². The van der Waals surface area contributed by atoms with E-state index in [1.165, 1.54) is 57.8 Å². The number of rotatable bonds is 15. The molecule has 0 unspecified atom stereocenters. The molecule has 28 heavy (non-hydrogen) atoms. The Morgan fingerprint density at radius 3 is 2.21 bits per heavy atom. The van der Waals surface area contributed by atoms with Gasteiger partial charge in [0.2, 0.25) is 0 Å². The summed E-state index contributed by atoms with van der Waals surface area (Å²) < 4.78 is 10.7. The number of thiocarbonyl (C=S) groups is 1. The molecule has 0 amide bonds. The lowest BCUT2D eigenvalue weighted by Crippen LogP contribution is -2.32. The van der Waals surface area contributed by atoms with Crippen LogP contribution in [0.1, 0.15) is 76.7 Å². The average molecular weight is 408 g/mol. The van der Waals surface area contributed by atoms with Crippen LogP contribution >= 0.6 is 12.2 Å². The van der Waals surface area contributed by atoms with Gasteiger partial charge in [-0.3, -0.25) is 5.43 Å². The Balaban J connectivity index is 2.11. The van der Waals surface area contributed by atoms with Crippen LogP contribution in [0.2, 0.25) is 0 Å². The first kappa shape index (κ1) is 24.2. The molecule has 1 rings (SSSR count). The number of methoxy groups -OCH3 is 2. The van der Waals surface area contributed by atoms with Crippen molar-refractivity contribution in [3.8, 4) is 11.5 Å². The van der Waals surface area contributed by atoms with Crippen molar-refractivity contribution >= 4 is 23.5 Å². The van der Waals surface area contributed by atoms with Gasteiger partial charge < -0.3 is 14.8 Å². The molecule has 158 valence electrons. The maximum absolute atomic E-state index is 5.38. The zero-order valence-corrected chi connectivity index (χ0v) is 18.6. The highest BCUT2D eigenvalue weighted by Crippen LogP contribution is 2.29. The molecule has 0 aliphatic heterocycles. The number of benzene rings is 1. The van der Waals surface area contributed by atoms with Crippen molar-refractivity contribution in [2.75, 3.05) is 20.8 Å². The van der Waals surface area contributed by atoms with Crippen LogP contribution in [0.15, 0.2) is 23.3 Å². The monoisotopic (exact) mass is 407 g/mol. The third-order valence-corrected chi connectivity index (χ3v) is 4.85. The van der Waals surface area contributed by atoms with E-state index in [-0.39, 0.29) is 0 Å². The van der Waals surface area contributed by atoms with E-state index in [0.29, 0.717) is 16.6 Å². The quantitative estimate of drug-likeness (QED) is 0.176. The third kappa shape index (κ3) is 10.5. The Hall–Kier alpha value is -1.82. The molecule has 2 N–H and O–H groups in total. The Labute approximate surface area is 176 Å². The van der Waals surface area contributed by atoms with E-state index in [9.17, 15) is 0 Å². The van der Waals surface area contributed by atoms with E-state index in [0.717, 1.165) is 18.5 Å². The van der Waals surface area contributed by atoms with Gasteiger partial charge in [-0.25, -0.2) is 0 Å². The summed E-state index contributed by atoms with van der Waals surface area (Å²) in [7, 11) is 3.23. The molecule has 0 aliphatic carbocycles. The normalized spacial score (nSPS) is 10.8. The summed E-state index contributed by atoms with van der Waals surface area (Å²) >= 11 is 5.26. The van der Waals surface area contributed by atoms with Crippen LogP contribution in [0.4, 0.5) is 0 Å². The van der Waals surface area contributed by atoms with Gasteiger partial charge in [-0.15, -0.1) is 0 Å². The maximum atomic E-state index is 5.38. The van der Waals surface area contributed by atoms with Crippen molar-refractivity contribution in [3.63, 3.8) is 0 Å². The second-order valence-corrected chi connectivity index (χ2v) is 7.30. The number of nitrogens with one attached hydrogen (secondary N) is 2. The molecule has 5 nitrogen and oxygen atoms in total. The van der Waals surface area contributed by atoms with Gasteiger partial charge in [0.15, 0.2) is 16.6 Å². The summed E-state index contributed by atoms with van der Waals surface area (Å²) in [6, 6.07) is 5.65. The number of para-hydroxylation sites is 1. The number of hydrazone groups is 1. The zero-order chi connectivity index (χ0) is 20.5. The highest BCUT2D eigenvalue weighted by atomic mass is 32.1. The standard InChI is InChI=1S/C22H37N3O2S/c1-4-5-6-7-8-9-10-11-12-13-17-23-22(28)25-24-18-19-15-14-16-20(26-2)21(19)27-3/h14-16,18H,4-13,17H2,1-3H3,(H2,23,25,28). The fraction of sp³-hybridized carbons (Fsp3) is 0.636. The van der Waals surface area contributed by atoms with Gasteiger partial charge in [-0.1, -0.05) is 70.8 Å². The molecule has 0 fully saturated rings. The van der Waals surface area contributed by atoms with E-state index in [1.54, 1.807) is 20.4 Å². The average Bonchev–Trinajstić information content (AvgIpc) is 2.71. The Bertz CT molecular complexity index is 579. The SMILES string of the molecule is CCCCCCCCCCCCNC(=S)NN=Cc1cccc(OC)c1OC. The lowest BCUT2D eigenvalue weighted by Gasteiger charge is -2.10. The van der Waals surface area contributed by atoms with Crippen LogP contribution in [0.3, 0.4) is 0 Å². The number of nitrogens with zero attached hydrogens (tertiary/aromatic N) is 1. The molecular formula is C22H37N3O2S. The van der Waals surface area contributed by atoms with Crippen molar-refractivity contribution in [2.45, 2.75) is 71.1 Å². The van der Waals surface area contributed by atoms with E-state index in [1.807, 2.05) is 18.2 Å². The Kier molecular flexibility index (Phi) is 14.0. The molecule has 0 saturated carbocycles. The maximum Gasteiger partial charge on any atom is 0.186 e. The van der Waals surface area contributed by atoms with Crippen LogP contribution in [0.5, 0.6) is 11.5 Å². The first-order chi connectivity index (χ1) is 13.7. The lowest BCUT2D eigenvalue weighted by molar-refractivity contribution is 0.354. The van der Waals surface area contributed by atoms with Gasteiger partial charge >= 0.3 is 0 Å². The molecule has 0 saturated heterocycles. The van der Waals surface area contributed by atoms with Crippen molar-refractivity contribution < 1.29 is 9.47 Å². The Morgan fingerprint density at radius 1 is 0.964 bits per heavy atom. The van der Waals surface area contributed by atoms with Gasteiger partial charge in [-0.05, 0) is 30.8 Å². The topological polar surface area (TPSA) is 54.9 Å². The van der Waals surface area contributed by atoms with Crippen LogP contribution in [0, 0.1) is 0 Å². The first-order valence-corrected chi connectivity index (χ1v) is 10.9. The van der Waals surface area contributed by atoms with Crippen molar-refractivity contribution in [3.05, 3.63) is 23.8 Å². The van der Waals surface area contributed by atoms with Gasteiger partial charge in [-0.2, -0.15) is 5.10 Å². The van der Waals surface area contributed by atoms with Crippen LogP contribution in [0.25, 0.3) is 0 Å². The number of hydrogen-bond donors (Lipinski definition) is 2. The molecule has 0 heterocycles. The highest BCUT2D eigenvalue weighted by molar-refractivity contribution is 7.80.